The van der Waals surface area contributed by atoms with E-state index in [0.29, 0.717) is 5.69 Å². The van der Waals surface area contributed by atoms with E-state index in [1.54, 1.807) is 31.4 Å². The van der Waals surface area contributed by atoms with Gasteiger partial charge in [0.05, 0.1) is 13.3 Å². The monoisotopic (exact) mass is 325 g/mol. The Hall–Kier alpha value is -3.15. The fourth-order valence-electron chi connectivity index (χ4n) is 2.09. The lowest BCUT2D eigenvalue weighted by molar-refractivity contribution is -0.136. The summed E-state index contributed by atoms with van der Waals surface area (Å²) in [5.74, 6) is -0.870. The van der Waals surface area contributed by atoms with Gasteiger partial charge < -0.3 is 10.1 Å². The molecule has 124 valence electrons. The topological polar surface area (TPSA) is 79.8 Å². The van der Waals surface area contributed by atoms with Gasteiger partial charge >= 0.3 is 11.8 Å². The van der Waals surface area contributed by atoms with Crippen LogP contribution in [-0.4, -0.2) is 25.1 Å². The van der Waals surface area contributed by atoms with E-state index in [0.717, 1.165) is 22.4 Å². The van der Waals surface area contributed by atoms with Crippen molar-refractivity contribution in [3.05, 3.63) is 59.2 Å². The molecular formula is C18H19N3O3. The van der Waals surface area contributed by atoms with Crippen LogP contribution in [0.25, 0.3) is 0 Å². The summed E-state index contributed by atoms with van der Waals surface area (Å²) < 4.78 is 5.05. The van der Waals surface area contributed by atoms with Crippen LogP contribution in [0, 0.1) is 13.8 Å². The molecule has 2 rings (SSSR count). The van der Waals surface area contributed by atoms with Gasteiger partial charge in [-0.2, -0.15) is 5.10 Å². The lowest BCUT2D eigenvalue weighted by Crippen LogP contribution is -2.32. The van der Waals surface area contributed by atoms with Crippen molar-refractivity contribution < 1.29 is 14.3 Å². The molecule has 6 heteroatoms. The van der Waals surface area contributed by atoms with Crippen molar-refractivity contribution >= 4 is 23.7 Å². The predicted molar refractivity (Wildman–Crippen MR) is 93.3 cm³/mol. The summed E-state index contributed by atoms with van der Waals surface area (Å²) in [5, 5.41) is 6.38. The number of aryl methyl sites for hydroxylation is 2. The van der Waals surface area contributed by atoms with Gasteiger partial charge in [0.15, 0.2) is 0 Å². The number of nitrogens with zero attached hydrogens (tertiary/aromatic N) is 1. The summed E-state index contributed by atoms with van der Waals surface area (Å²) in [5.41, 5.74) is 5.39. The largest absolute Gasteiger partial charge is 0.497 e. The van der Waals surface area contributed by atoms with Crippen molar-refractivity contribution in [2.75, 3.05) is 12.4 Å². The number of carbonyl (C=O) groups is 2. The van der Waals surface area contributed by atoms with Crippen LogP contribution in [0.1, 0.15) is 16.7 Å². The quantitative estimate of drug-likeness (QED) is 0.515. The summed E-state index contributed by atoms with van der Waals surface area (Å²) in [6.45, 7) is 3.73. The Kier molecular flexibility index (Phi) is 5.68. The number of hydrogen-bond donors (Lipinski definition) is 2. The van der Waals surface area contributed by atoms with Crippen molar-refractivity contribution in [2.24, 2.45) is 5.10 Å². The van der Waals surface area contributed by atoms with Gasteiger partial charge in [-0.1, -0.05) is 18.2 Å². The van der Waals surface area contributed by atoms with Gasteiger partial charge in [0.1, 0.15) is 5.75 Å². The molecule has 0 bridgehead atoms. The molecule has 0 aliphatic carbocycles. The summed E-state index contributed by atoms with van der Waals surface area (Å²) in [6.07, 6.45) is 1.45. The minimum atomic E-state index is -0.831. The van der Waals surface area contributed by atoms with Gasteiger partial charge in [0.25, 0.3) is 0 Å². The van der Waals surface area contributed by atoms with E-state index in [1.807, 2.05) is 32.0 Å². The molecule has 2 N–H and O–H groups in total. The second kappa shape index (κ2) is 7.92. The van der Waals surface area contributed by atoms with Crippen LogP contribution < -0.4 is 15.5 Å². The normalized spacial score (nSPS) is 10.5. The molecule has 0 unspecified atom stereocenters. The zero-order valence-electron chi connectivity index (χ0n) is 13.8. The third kappa shape index (κ3) is 4.42. The molecule has 0 saturated heterocycles. The third-order valence-corrected chi connectivity index (χ3v) is 3.42. The standard InChI is InChI=1S/C18H19N3O3/c1-12-5-4-6-13(2)16(12)20-17(22)18(23)21-19-11-14-7-9-15(24-3)10-8-14/h4-11H,1-3H3,(H,20,22)(H,21,23)/b19-11+. The Bertz CT molecular complexity index is 747. The number of anilines is 1. The van der Waals surface area contributed by atoms with Crippen molar-refractivity contribution in [2.45, 2.75) is 13.8 Å². The van der Waals surface area contributed by atoms with Gasteiger partial charge in [0, 0.05) is 5.69 Å². The summed E-state index contributed by atoms with van der Waals surface area (Å²) >= 11 is 0. The van der Waals surface area contributed by atoms with Crippen LogP contribution in [0.5, 0.6) is 5.75 Å². The number of ether oxygens (including phenoxy) is 1. The molecule has 0 fully saturated rings. The van der Waals surface area contributed by atoms with E-state index >= 15 is 0 Å². The van der Waals surface area contributed by atoms with Crippen LogP contribution in [0.4, 0.5) is 5.69 Å². The Labute approximate surface area is 140 Å². The highest BCUT2D eigenvalue weighted by Crippen LogP contribution is 2.19. The van der Waals surface area contributed by atoms with Crippen LogP contribution in [0.3, 0.4) is 0 Å². The van der Waals surface area contributed by atoms with Gasteiger partial charge in [-0.05, 0) is 54.8 Å². The SMILES string of the molecule is COc1ccc(/C=N/NC(=O)C(=O)Nc2c(C)cccc2C)cc1. The first-order valence-corrected chi connectivity index (χ1v) is 7.36. The number of hydrazone groups is 1. The number of rotatable bonds is 4. The average molecular weight is 325 g/mol. The lowest BCUT2D eigenvalue weighted by Gasteiger charge is -2.10. The maximum absolute atomic E-state index is 11.9. The number of methoxy groups -OCH3 is 1. The van der Waals surface area contributed by atoms with Crippen LogP contribution >= 0.6 is 0 Å². The summed E-state index contributed by atoms with van der Waals surface area (Å²) in [7, 11) is 1.58. The number of hydrogen-bond acceptors (Lipinski definition) is 4. The van der Waals surface area contributed by atoms with E-state index in [4.69, 9.17) is 4.74 Å². The second-order valence-electron chi connectivity index (χ2n) is 5.19. The first-order valence-electron chi connectivity index (χ1n) is 7.36. The Morgan fingerprint density at radius 3 is 2.21 bits per heavy atom. The molecule has 6 nitrogen and oxygen atoms in total. The van der Waals surface area contributed by atoms with Crippen molar-refractivity contribution in [3.8, 4) is 5.75 Å². The Morgan fingerprint density at radius 1 is 1.00 bits per heavy atom. The van der Waals surface area contributed by atoms with E-state index in [9.17, 15) is 9.59 Å². The second-order valence-corrected chi connectivity index (χ2v) is 5.19. The van der Waals surface area contributed by atoms with Gasteiger partial charge in [-0.25, -0.2) is 5.43 Å². The van der Waals surface area contributed by atoms with E-state index in [2.05, 4.69) is 15.8 Å². The van der Waals surface area contributed by atoms with Crippen LogP contribution in [0.15, 0.2) is 47.6 Å². The number of nitrogens with one attached hydrogen (secondary N) is 2. The fourth-order valence-corrected chi connectivity index (χ4v) is 2.09. The van der Waals surface area contributed by atoms with Crippen molar-refractivity contribution in [1.82, 2.24) is 5.43 Å². The molecule has 2 amide bonds. The number of para-hydroxylation sites is 1. The van der Waals surface area contributed by atoms with E-state index < -0.39 is 11.8 Å². The molecule has 0 saturated carbocycles. The summed E-state index contributed by atoms with van der Waals surface area (Å²) in [6, 6.07) is 12.7. The smallest absolute Gasteiger partial charge is 0.329 e. The molecule has 0 aliphatic heterocycles. The summed E-state index contributed by atoms with van der Waals surface area (Å²) in [4.78, 5) is 23.7. The zero-order valence-corrected chi connectivity index (χ0v) is 13.8. The molecule has 0 aliphatic rings. The third-order valence-electron chi connectivity index (χ3n) is 3.42. The minimum Gasteiger partial charge on any atom is -0.497 e. The fraction of sp³-hybridized carbons (Fsp3) is 0.167. The molecule has 2 aromatic rings. The number of benzene rings is 2. The average Bonchev–Trinajstić information content (AvgIpc) is 2.58. The first kappa shape index (κ1) is 17.2. The van der Waals surface area contributed by atoms with Crippen LogP contribution in [0.2, 0.25) is 0 Å². The van der Waals surface area contributed by atoms with Gasteiger partial charge in [0.2, 0.25) is 0 Å². The van der Waals surface area contributed by atoms with E-state index in [1.165, 1.54) is 6.21 Å². The number of amides is 2. The van der Waals surface area contributed by atoms with Crippen molar-refractivity contribution in [1.29, 1.82) is 0 Å². The van der Waals surface area contributed by atoms with Crippen LogP contribution in [-0.2, 0) is 9.59 Å². The molecule has 24 heavy (non-hydrogen) atoms. The maximum Gasteiger partial charge on any atom is 0.329 e. The highest BCUT2D eigenvalue weighted by atomic mass is 16.5. The lowest BCUT2D eigenvalue weighted by atomic mass is 10.1. The molecule has 2 aromatic carbocycles. The highest BCUT2D eigenvalue weighted by molar-refractivity contribution is 6.39. The van der Waals surface area contributed by atoms with Crippen molar-refractivity contribution in [3.63, 3.8) is 0 Å². The predicted octanol–water partition coefficient (Wildman–Crippen LogP) is 2.40. The molecule has 0 aromatic heterocycles. The zero-order chi connectivity index (χ0) is 17.5. The number of carbonyl (C=O) groups excluding carboxylic acids is 2. The molecular weight excluding hydrogens is 306 g/mol. The first-order chi connectivity index (χ1) is 11.5. The Balaban J connectivity index is 1.94. The van der Waals surface area contributed by atoms with Gasteiger partial charge in [-0.15, -0.1) is 0 Å². The van der Waals surface area contributed by atoms with Gasteiger partial charge in [-0.3, -0.25) is 9.59 Å². The maximum atomic E-state index is 11.9. The molecule has 0 radical (unpaired) electrons. The highest BCUT2D eigenvalue weighted by Gasteiger charge is 2.14. The minimum absolute atomic E-state index is 0.636. The molecule has 0 heterocycles. The Morgan fingerprint density at radius 2 is 1.62 bits per heavy atom. The molecule has 0 atom stereocenters. The molecule has 0 spiro atoms. The van der Waals surface area contributed by atoms with E-state index in [-0.39, 0.29) is 0 Å².